The van der Waals surface area contributed by atoms with Crippen molar-refractivity contribution in [2.75, 3.05) is 19.6 Å². The SMILES string of the molecule is CCNC(=NCc1ccccc1)NCCNC(=O)c1ccc(Cl)cc1. The lowest BCUT2D eigenvalue weighted by Gasteiger charge is -2.12. The van der Waals surface area contributed by atoms with Crippen molar-refractivity contribution in [3.8, 4) is 0 Å². The summed E-state index contributed by atoms with van der Waals surface area (Å²) in [6.07, 6.45) is 0. The van der Waals surface area contributed by atoms with Gasteiger partial charge in [-0.05, 0) is 36.8 Å². The molecule has 2 rings (SSSR count). The van der Waals surface area contributed by atoms with Crippen LogP contribution in [0.3, 0.4) is 0 Å². The Bertz CT molecular complexity index is 686. The van der Waals surface area contributed by atoms with Crippen LogP contribution in [0.25, 0.3) is 0 Å². The molecule has 0 aliphatic rings. The number of halogens is 1. The second kappa shape index (κ2) is 10.4. The molecule has 25 heavy (non-hydrogen) atoms. The van der Waals surface area contributed by atoms with E-state index in [1.54, 1.807) is 24.3 Å². The topological polar surface area (TPSA) is 65.5 Å². The van der Waals surface area contributed by atoms with Crippen LogP contribution in [0.1, 0.15) is 22.8 Å². The molecule has 0 unspecified atom stereocenters. The molecule has 0 bridgehead atoms. The third kappa shape index (κ3) is 6.85. The van der Waals surface area contributed by atoms with Crippen molar-refractivity contribution in [3.63, 3.8) is 0 Å². The van der Waals surface area contributed by atoms with Gasteiger partial charge in [-0.25, -0.2) is 4.99 Å². The van der Waals surface area contributed by atoms with Crippen LogP contribution in [0.5, 0.6) is 0 Å². The van der Waals surface area contributed by atoms with Crippen LogP contribution in [0, 0.1) is 0 Å². The van der Waals surface area contributed by atoms with E-state index in [0.29, 0.717) is 30.2 Å². The molecule has 0 spiro atoms. The third-order valence-corrected chi connectivity index (χ3v) is 3.67. The van der Waals surface area contributed by atoms with Gasteiger partial charge in [-0.3, -0.25) is 4.79 Å². The lowest BCUT2D eigenvalue weighted by Crippen LogP contribution is -2.41. The number of hydrogen-bond acceptors (Lipinski definition) is 2. The van der Waals surface area contributed by atoms with E-state index in [9.17, 15) is 4.79 Å². The number of aliphatic imine (C=N–C) groups is 1. The minimum Gasteiger partial charge on any atom is -0.357 e. The summed E-state index contributed by atoms with van der Waals surface area (Å²) in [7, 11) is 0. The summed E-state index contributed by atoms with van der Waals surface area (Å²) in [6, 6.07) is 16.9. The summed E-state index contributed by atoms with van der Waals surface area (Å²) < 4.78 is 0. The van der Waals surface area contributed by atoms with Crippen molar-refractivity contribution in [1.29, 1.82) is 0 Å². The van der Waals surface area contributed by atoms with Crippen LogP contribution in [0.4, 0.5) is 0 Å². The number of carbonyl (C=O) groups excluding carboxylic acids is 1. The number of carbonyl (C=O) groups is 1. The molecule has 0 atom stereocenters. The molecule has 0 fully saturated rings. The van der Waals surface area contributed by atoms with Gasteiger partial charge in [0.05, 0.1) is 6.54 Å². The maximum Gasteiger partial charge on any atom is 0.251 e. The first-order chi connectivity index (χ1) is 12.2. The van der Waals surface area contributed by atoms with E-state index in [2.05, 4.69) is 20.9 Å². The van der Waals surface area contributed by atoms with Gasteiger partial charge in [0.2, 0.25) is 0 Å². The van der Waals surface area contributed by atoms with E-state index >= 15 is 0 Å². The molecule has 0 aromatic heterocycles. The predicted octanol–water partition coefficient (Wildman–Crippen LogP) is 2.83. The highest BCUT2D eigenvalue weighted by Gasteiger charge is 2.04. The average molecular weight is 359 g/mol. The number of rotatable bonds is 7. The van der Waals surface area contributed by atoms with Crippen LogP contribution >= 0.6 is 11.6 Å². The van der Waals surface area contributed by atoms with Crippen molar-refractivity contribution < 1.29 is 4.79 Å². The molecule has 1 amide bonds. The molecule has 0 aliphatic heterocycles. The number of benzene rings is 2. The molecular weight excluding hydrogens is 336 g/mol. The highest BCUT2D eigenvalue weighted by atomic mass is 35.5. The minimum atomic E-state index is -0.121. The van der Waals surface area contributed by atoms with Crippen LogP contribution in [-0.4, -0.2) is 31.5 Å². The van der Waals surface area contributed by atoms with E-state index in [0.717, 1.165) is 18.1 Å². The molecule has 2 aromatic rings. The first kappa shape index (κ1) is 18.8. The van der Waals surface area contributed by atoms with E-state index in [1.807, 2.05) is 37.3 Å². The minimum absolute atomic E-state index is 0.121. The summed E-state index contributed by atoms with van der Waals surface area (Å²) in [5.41, 5.74) is 1.74. The highest BCUT2D eigenvalue weighted by Crippen LogP contribution is 2.09. The number of hydrogen-bond donors (Lipinski definition) is 3. The van der Waals surface area contributed by atoms with Gasteiger partial charge in [0.1, 0.15) is 0 Å². The zero-order chi connectivity index (χ0) is 17.9. The van der Waals surface area contributed by atoms with E-state index in [-0.39, 0.29) is 5.91 Å². The Balaban J connectivity index is 1.77. The predicted molar refractivity (Wildman–Crippen MR) is 103 cm³/mol. The summed E-state index contributed by atoms with van der Waals surface area (Å²) in [5.74, 6) is 0.608. The van der Waals surface area contributed by atoms with Crippen molar-refractivity contribution in [2.24, 2.45) is 4.99 Å². The maximum atomic E-state index is 12.0. The second-order valence-electron chi connectivity index (χ2n) is 5.37. The zero-order valence-electron chi connectivity index (χ0n) is 14.3. The normalized spacial score (nSPS) is 11.0. The first-order valence-corrected chi connectivity index (χ1v) is 8.66. The molecule has 0 aliphatic carbocycles. The zero-order valence-corrected chi connectivity index (χ0v) is 15.0. The molecule has 0 saturated carbocycles. The molecular formula is C19H23ClN4O. The first-order valence-electron chi connectivity index (χ1n) is 8.29. The Kier molecular flexibility index (Phi) is 7.79. The Labute approximate surface area is 153 Å². The molecule has 5 nitrogen and oxygen atoms in total. The fourth-order valence-corrected chi connectivity index (χ4v) is 2.28. The van der Waals surface area contributed by atoms with Gasteiger partial charge in [0, 0.05) is 30.2 Å². The van der Waals surface area contributed by atoms with Crippen LogP contribution < -0.4 is 16.0 Å². The van der Waals surface area contributed by atoms with Gasteiger partial charge < -0.3 is 16.0 Å². The monoisotopic (exact) mass is 358 g/mol. The summed E-state index contributed by atoms with van der Waals surface area (Å²) in [4.78, 5) is 16.5. The standard InChI is InChI=1S/C19H23ClN4O/c1-2-21-19(24-14-15-6-4-3-5-7-15)23-13-12-22-18(25)16-8-10-17(20)11-9-16/h3-11H,2,12-14H2,1H3,(H,22,25)(H2,21,23,24). The summed E-state index contributed by atoms with van der Waals surface area (Å²) in [6.45, 7) is 4.48. The fraction of sp³-hybridized carbons (Fsp3) is 0.263. The third-order valence-electron chi connectivity index (χ3n) is 3.42. The van der Waals surface area contributed by atoms with Crippen molar-refractivity contribution >= 4 is 23.5 Å². The molecule has 132 valence electrons. The van der Waals surface area contributed by atoms with Gasteiger partial charge in [0.15, 0.2) is 5.96 Å². The van der Waals surface area contributed by atoms with Crippen molar-refractivity contribution in [3.05, 3.63) is 70.7 Å². The van der Waals surface area contributed by atoms with Crippen LogP contribution in [-0.2, 0) is 6.54 Å². The number of guanidine groups is 1. The lowest BCUT2D eigenvalue weighted by molar-refractivity contribution is 0.0954. The van der Waals surface area contributed by atoms with Gasteiger partial charge in [0.25, 0.3) is 5.91 Å². The number of nitrogens with zero attached hydrogens (tertiary/aromatic N) is 1. The smallest absolute Gasteiger partial charge is 0.251 e. The van der Waals surface area contributed by atoms with Crippen molar-refractivity contribution in [2.45, 2.75) is 13.5 Å². The second-order valence-corrected chi connectivity index (χ2v) is 5.81. The largest absolute Gasteiger partial charge is 0.357 e. The summed E-state index contributed by atoms with van der Waals surface area (Å²) >= 11 is 5.82. The number of nitrogens with one attached hydrogen (secondary N) is 3. The molecule has 0 heterocycles. The highest BCUT2D eigenvalue weighted by molar-refractivity contribution is 6.30. The van der Waals surface area contributed by atoms with E-state index in [4.69, 9.17) is 11.6 Å². The van der Waals surface area contributed by atoms with E-state index < -0.39 is 0 Å². The average Bonchev–Trinajstić information content (AvgIpc) is 2.64. The fourth-order valence-electron chi connectivity index (χ4n) is 2.16. The Hall–Kier alpha value is -2.53. The van der Waals surface area contributed by atoms with E-state index in [1.165, 1.54) is 0 Å². The molecule has 0 radical (unpaired) electrons. The Morgan fingerprint density at radius 3 is 2.32 bits per heavy atom. The van der Waals surface area contributed by atoms with Crippen molar-refractivity contribution in [1.82, 2.24) is 16.0 Å². The molecule has 6 heteroatoms. The van der Waals surface area contributed by atoms with Gasteiger partial charge in [-0.15, -0.1) is 0 Å². The quantitative estimate of drug-likeness (QED) is 0.405. The van der Waals surface area contributed by atoms with Gasteiger partial charge in [-0.1, -0.05) is 41.9 Å². The molecule has 0 saturated heterocycles. The van der Waals surface area contributed by atoms with Gasteiger partial charge in [-0.2, -0.15) is 0 Å². The molecule has 2 aromatic carbocycles. The van der Waals surface area contributed by atoms with Crippen LogP contribution in [0.2, 0.25) is 5.02 Å². The molecule has 3 N–H and O–H groups in total. The van der Waals surface area contributed by atoms with Crippen LogP contribution in [0.15, 0.2) is 59.6 Å². The number of amides is 1. The maximum absolute atomic E-state index is 12.0. The Morgan fingerprint density at radius 2 is 1.64 bits per heavy atom. The lowest BCUT2D eigenvalue weighted by atomic mass is 10.2. The van der Waals surface area contributed by atoms with Gasteiger partial charge >= 0.3 is 0 Å². The summed E-state index contributed by atoms with van der Waals surface area (Å²) in [5, 5.41) is 9.88. The Morgan fingerprint density at radius 1 is 0.960 bits per heavy atom.